The van der Waals surface area contributed by atoms with E-state index in [0.717, 1.165) is 62.7 Å². The molecule has 6 heteroatoms. The van der Waals surface area contributed by atoms with Crippen molar-refractivity contribution in [2.24, 2.45) is 0 Å². The molecule has 23 heavy (non-hydrogen) atoms. The number of nitrogens with zero attached hydrogens (tertiary/aromatic N) is 4. The van der Waals surface area contributed by atoms with Gasteiger partial charge in [-0.1, -0.05) is 6.92 Å². The Hall–Kier alpha value is -2.11. The first kappa shape index (κ1) is 14.5. The largest absolute Gasteiger partial charge is 0.456 e. The molecule has 0 unspecified atom stereocenters. The van der Waals surface area contributed by atoms with Crippen LogP contribution in [0.1, 0.15) is 60.1 Å². The number of carbonyl (C=O) groups excluding carboxylic acids is 1. The van der Waals surface area contributed by atoms with Crippen molar-refractivity contribution in [1.82, 2.24) is 19.7 Å². The van der Waals surface area contributed by atoms with E-state index in [0.29, 0.717) is 11.7 Å². The van der Waals surface area contributed by atoms with E-state index in [4.69, 9.17) is 4.42 Å². The van der Waals surface area contributed by atoms with Gasteiger partial charge in [0.2, 0.25) is 0 Å². The molecule has 0 aromatic carbocycles. The maximum atomic E-state index is 12.5. The lowest BCUT2D eigenvalue weighted by atomic mass is 9.95. The molecule has 0 saturated carbocycles. The van der Waals surface area contributed by atoms with Crippen LogP contribution < -0.4 is 0 Å². The van der Waals surface area contributed by atoms with Crippen molar-refractivity contribution in [2.45, 2.75) is 51.5 Å². The molecule has 0 radical (unpaired) electrons. The number of aromatic nitrogens is 3. The Bertz CT molecular complexity index is 710. The van der Waals surface area contributed by atoms with E-state index in [1.165, 1.54) is 6.42 Å². The van der Waals surface area contributed by atoms with Crippen molar-refractivity contribution in [3.05, 3.63) is 35.3 Å². The molecule has 0 spiro atoms. The van der Waals surface area contributed by atoms with Crippen LogP contribution in [-0.4, -0.2) is 38.7 Å². The molecule has 0 atom stereocenters. The molecule has 0 aliphatic carbocycles. The smallest absolute Gasteiger partial charge is 0.289 e. The molecule has 122 valence electrons. The molecule has 2 aliphatic heterocycles. The van der Waals surface area contributed by atoms with Crippen LogP contribution in [0, 0.1) is 0 Å². The van der Waals surface area contributed by atoms with Gasteiger partial charge in [-0.2, -0.15) is 0 Å². The third-order valence-corrected chi connectivity index (χ3v) is 5.01. The fourth-order valence-electron chi connectivity index (χ4n) is 3.65. The second-order valence-corrected chi connectivity index (χ2v) is 6.42. The molecule has 1 saturated heterocycles. The maximum absolute atomic E-state index is 12.5. The second kappa shape index (κ2) is 5.83. The lowest BCUT2D eigenvalue weighted by Gasteiger charge is -2.31. The summed E-state index contributed by atoms with van der Waals surface area (Å²) in [6, 6.07) is 3.68. The van der Waals surface area contributed by atoms with E-state index in [1.807, 2.05) is 17.9 Å². The number of rotatable bonds is 3. The van der Waals surface area contributed by atoms with Crippen LogP contribution in [-0.2, 0) is 19.4 Å². The van der Waals surface area contributed by atoms with E-state index < -0.39 is 0 Å². The average molecular weight is 314 g/mol. The zero-order valence-electron chi connectivity index (χ0n) is 13.5. The van der Waals surface area contributed by atoms with E-state index in [1.54, 1.807) is 6.07 Å². The highest BCUT2D eigenvalue weighted by Gasteiger charge is 2.30. The fourth-order valence-corrected chi connectivity index (χ4v) is 3.65. The Morgan fingerprint density at radius 3 is 2.83 bits per heavy atom. The monoisotopic (exact) mass is 314 g/mol. The molecule has 0 N–H and O–H groups in total. The molecule has 6 nitrogen and oxygen atoms in total. The normalized spacial score (nSPS) is 18.4. The minimum absolute atomic E-state index is 0.00891. The van der Waals surface area contributed by atoms with Gasteiger partial charge in [-0.25, -0.2) is 0 Å². The molecule has 1 fully saturated rings. The minimum atomic E-state index is 0.00891. The molecule has 2 aromatic rings. The van der Waals surface area contributed by atoms with Crippen molar-refractivity contribution in [3.8, 4) is 0 Å². The molecule has 4 rings (SSSR count). The Labute approximate surface area is 135 Å². The molecule has 0 bridgehead atoms. The van der Waals surface area contributed by atoms with Crippen LogP contribution in [0.25, 0.3) is 0 Å². The summed E-state index contributed by atoms with van der Waals surface area (Å²) in [6.07, 6.45) is 4.93. The van der Waals surface area contributed by atoms with Crippen LogP contribution in [0.4, 0.5) is 0 Å². The summed E-state index contributed by atoms with van der Waals surface area (Å²) in [6.45, 7) is 4.58. The van der Waals surface area contributed by atoms with Crippen molar-refractivity contribution in [1.29, 1.82) is 0 Å². The molecule has 1 amide bonds. The first-order valence-electron chi connectivity index (χ1n) is 8.56. The highest BCUT2D eigenvalue weighted by molar-refractivity contribution is 5.91. The van der Waals surface area contributed by atoms with Crippen LogP contribution in [0.5, 0.6) is 0 Å². The molecule has 2 aliphatic rings. The van der Waals surface area contributed by atoms with Crippen LogP contribution in [0.3, 0.4) is 0 Å². The molecule has 4 heterocycles. The Morgan fingerprint density at radius 2 is 2.09 bits per heavy atom. The topological polar surface area (TPSA) is 64.2 Å². The quantitative estimate of drug-likeness (QED) is 0.872. The van der Waals surface area contributed by atoms with Gasteiger partial charge in [0.1, 0.15) is 17.4 Å². The summed E-state index contributed by atoms with van der Waals surface area (Å²) < 4.78 is 7.87. The summed E-state index contributed by atoms with van der Waals surface area (Å²) >= 11 is 0. The van der Waals surface area contributed by atoms with Gasteiger partial charge in [0.15, 0.2) is 5.76 Å². The lowest BCUT2D eigenvalue weighted by molar-refractivity contribution is 0.0676. The van der Waals surface area contributed by atoms with E-state index >= 15 is 0 Å². The molecule has 2 aromatic heterocycles. The third-order valence-electron chi connectivity index (χ3n) is 5.01. The number of fused-ring (bicyclic) bond motifs is 1. The first-order valence-corrected chi connectivity index (χ1v) is 8.56. The Kier molecular flexibility index (Phi) is 3.67. The average Bonchev–Trinajstić information content (AvgIpc) is 3.30. The highest BCUT2D eigenvalue weighted by Crippen LogP contribution is 2.30. The third kappa shape index (κ3) is 2.56. The number of aryl methyl sites for hydroxylation is 2. The van der Waals surface area contributed by atoms with Gasteiger partial charge in [0.25, 0.3) is 5.91 Å². The van der Waals surface area contributed by atoms with Crippen LogP contribution in [0.2, 0.25) is 0 Å². The predicted molar refractivity (Wildman–Crippen MR) is 84.3 cm³/mol. The fraction of sp³-hybridized carbons (Fsp3) is 0.588. The number of amides is 1. The molecular formula is C17H22N4O2. The van der Waals surface area contributed by atoms with E-state index in [9.17, 15) is 4.79 Å². The van der Waals surface area contributed by atoms with Gasteiger partial charge >= 0.3 is 0 Å². The molecular weight excluding hydrogens is 292 g/mol. The number of hydrogen-bond acceptors (Lipinski definition) is 4. The summed E-state index contributed by atoms with van der Waals surface area (Å²) in [4.78, 5) is 14.4. The first-order chi connectivity index (χ1) is 11.3. The van der Waals surface area contributed by atoms with Gasteiger partial charge in [-0.3, -0.25) is 4.79 Å². The number of hydrogen-bond donors (Lipinski definition) is 0. The zero-order chi connectivity index (χ0) is 15.8. The van der Waals surface area contributed by atoms with Crippen LogP contribution in [0.15, 0.2) is 16.5 Å². The summed E-state index contributed by atoms with van der Waals surface area (Å²) in [5, 5.41) is 8.70. The van der Waals surface area contributed by atoms with Gasteiger partial charge < -0.3 is 13.9 Å². The SMILES string of the molecule is CCc1ccc(C(=O)N2CCC(c3nnc4n3CCC4)CC2)o1. The summed E-state index contributed by atoms with van der Waals surface area (Å²) in [5.41, 5.74) is 0. The number of carbonyl (C=O) groups is 1. The van der Waals surface area contributed by atoms with Crippen molar-refractivity contribution in [2.75, 3.05) is 13.1 Å². The number of furan rings is 1. The standard InChI is InChI=1S/C17H22N4O2/c1-2-13-5-6-14(23-13)17(22)20-10-7-12(8-11-20)16-19-18-15-4-3-9-21(15)16/h5-6,12H,2-4,7-11H2,1H3. The second-order valence-electron chi connectivity index (χ2n) is 6.42. The van der Waals surface area contributed by atoms with E-state index in [2.05, 4.69) is 14.8 Å². The lowest BCUT2D eigenvalue weighted by Crippen LogP contribution is -2.38. The summed E-state index contributed by atoms with van der Waals surface area (Å²) in [5.74, 6) is 4.00. The highest BCUT2D eigenvalue weighted by atomic mass is 16.4. The predicted octanol–water partition coefficient (Wildman–Crippen LogP) is 2.40. The number of likely N-dealkylation sites (tertiary alicyclic amines) is 1. The maximum Gasteiger partial charge on any atom is 0.289 e. The zero-order valence-corrected chi connectivity index (χ0v) is 13.5. The van der Waals surface area contributed by atoms with E-state index in [-0.39, 0.29) is 5.91 Å². The van der Waals surface area contributed by atoms with Gasteiger partial charge in [-0.15, -0.1) is 10.2 Å². The van der Waals surface area contributed by atoms with Gasteiger partial charge in [-0.05, 0) is 31.4 Å². The van der Waals surface area contributed by atoms with Crippen molar-refractivity contribution >= 4 is 5.91 Å². The van der Waals surface area contributed by atoms with Crippen molar-refractivity contribution < 1.29 is 9.21 Å². The van der Waals surface area contributed by atoms with Gasteiger partial charge in [0, 0.05) is 38.4 Å². The number of piperidine rings is 1. The Morgan fingerprint density at radius 1 is 1.26 bits per heavy atom. The van der Waals surface area contributed by atoms with Crippen LogP contribution >= 0.6 is 0 Å². The van der Waals surface area contributed by atoms with Crippen molar-refractivity contribution in [3.63, 3.8) is 0 Å². The summed E-state index contributed by atoms with van der Waals surface area (Å²) in [7, 11) is 0. The Balaban J connectivity index is 1.41. The van der Waals surface area contributed by atoms with Gasteiger partial charge in [0.05, 0.1) is 0 Å². The minimum Gasteiger partial charge on any atom is -0.456 e.